The molecule has 0 spiro atoms. The largest absolute Gasteiger partial charge is 0.495 e. The molecule has 1 N–H and O–H groups in total. The number of methoxy groups -OCH3 is 1. The number of para-hydroxylation sites is 1. The Morgan fingerprint density at radius 2 is 1.80 bits per heavy atom. The number of hydrogen-bond acceptors (Lipinski definition) is 4. The maximum Gasteiger partial charge on any atom is 0.143 e. The van der Waals surface area contributed by atoms with Crippen LogP contribution in [0.3, 0.4) is 0 Å². The molecule has 0 aliphatic rings. The van der Waals surface area contributed by atoms with Crippen LogP contribution in [0.25, 0.3) is 0 Å². The van der Waals surface area contributed by atoms with Crippen LogP contribution in [0.15, 0.2) is 42.5 Å². The van der Waals surface area contributed by atoms with E-state index in [2.05, 4.69) is 17.5 Å². The van der Waals surface area contributed by atoms with Crippen LogP contribution in [0.1, 0.15) is 16.7 Å². The number of nitriles is 2. The highest BCUT2D eigenvalue weighted by molar-refractivity contribution is 5.66. The first kappa shape index (κ1) is 13.5. The summed E-state index contributed by atoms with van der Waals surface area (Å²) in [6.07, 6.45) is 0. The average Bonchev–Trinajstić information content (AvgIpc) is 2.52. The van der Waals surface area contributed by atoms with Crippen molar-refractivity contribution in [3.8, 4) is 17.9 Å². The van der Waals surface area contributed by atoms with E-state index in [1.165, 1.54) is 0 Å². The van der Waals surface area contributed by atoms with Gasteiger partial charge in [-0.05, 0) is 29.8 Å². The Morgan fingerprint density at radius 1 is 1.05 bits per heavy atom. The first-order valence-corrected chi connectivity index (χ1v) is 6.08. The van der Waals surface area contributed by atoms with Crippen molar-refractivity contribution in [2.75, 3.05) is 12.4 Å². The molecule has 0 aliphatic heterocycles. The van der Waals surface area contributed by atoms with Crippen molar-refractivity contribution in [3.63, 3.8) is 0 Å². The van der Waals surface area contributed by atoms with Gasteiger partial charge in [0.2, 0.25) is 0 Å². The molecule has 0 saturated heterocycles. The molecule has 4 heteroatoms. The number of benzene rings is 2. The molecule has 2 aromatic carbocycles. The lowest BCUT2D eigenvalue weighted by Gasteiger charge is -2.12. The highest BCUT2D eigenvalue weighted by Gasteiger charge is 2.08. The van der Waals surface area contributed by atoms with Gasteiger partial charge >= 0.3 is 0 Å². The second kappa shape index (κ2) is 6.26. The smallest absolute Gasteiger partial charge is 0.143 e. The Labute approximate surface area is 117 Å². The van der Waals surface area contributed by atoms with Crippen molar-refractivity contribution in [2.45, 2.75) is 6.54 Å². The molecule has 0 fully saturated rings. The minimum absolute atomic E-state index is 0.540. The molecule has 0 aliphatic carbocycles. The lowest BCUT2D eigenvalue weighted by Crippen LogP contribution is -2.03. The van der Waals surface area contributed by atoms with Gasteiger partial charge in [-0.1, -0.05) is 18.2 Å². The summed E-state index contributed by atoms with van der Waals surface area (Å²) in [5, 5.41) is 21.1. The van der Waals surface area contributed by atoms with Crippen LogP contribution < -0.4 is 10.1 Å². The molecule has 0 unspecified atom stereocenters. The van der Waals surface area contributed by atoms with Gasteiger partial charge in [0.15, 0.2) is 0 Å². The molecule has 2 aromatic rings. The zero-order valence-corrected chi connectivity index (χ0v) is 11.1. The third-order valence-corrected chi connectivity index (χ3v) is 2.92. The summed E-state index contributed by atoms with van der Waals surface area (Å²) in [5.74, 6) is 0.637. The van der Waals surface area contributed by atoms with Crippen molar-refractivity contribution in [3.05, 3.63) is 59.2 Å². The quantitative estimate of drug-likeness (QED) is 0.920. The maximum absolute atomic E-state index is 9.12. The van der Waals surface area contributed by atoms with Gasteiger partial charge in [0.1, 0.15) is 11.8 Å². The molecule has 0 saturated carbocycles. The number of ether oxygens (including phenoxy) is 1. The summed E-state index contributed by atoms with van der Waals surface area (Å²) in [4.78, 5) is 0. The maximum atomic E-state index is 9.12. The van der Waals surface area contributed by atoms with Gasteiger partial charge in [-0.25, -0.2) is 0 Å². The van der Waals surface area contributed by atoms with E-state index < -0.39 is 0 Å². The molecule has 20 heavy (non-hydrogen) atoms. The van der Waals surface area contributed by atoms with Gasteiger partial charge < -0.3 is 10.1 Å². The molecule has 0 aromatic heterocycles. The van der Waals surface area contributed by atoms with Gasteiger partial charge in [-0.3, -0.25) is 0 Å². The van der Waals surface area contributed by atoms with Crippen molar-refractivity contribution >= 4 is 5.69 Å². The van der Waals surface area contributed by atoms with E-state index >= 15 is 0 Å². The van der Waals surface area contributed by atoms with Gasteiger partial charge in [0, 0.05) is 6.54 Å². The minimum Gasteiger partial charge on any atom is -0.495 e. The Morgan fingerprint density at radius 3 is 2.40 bits per heavy atom. The summed E-state index contributed by atoms with van der Waals surface area (Å²) in [5.41, 5.74) is 2.88. The standard InChI is InChI=1S/C16H13N3O/c1-20-15-4-2-3-14(10-18)16(15)19-11-13-7-5-12(9-17)6-8-13/h2-8,19H,11H2,1H3. The fraction of sp³-hybridized carbons (Fsp3) is 0.125. The second-order valence-corrected chi connectivity index (χ2v) is 4.16. The molecular weight excluding hydrogens is 250 g/mol. The minimum atomic E-state index is 0.540. The van der Waals surface area contributed by atoms with Crippen LogP contribution in [-0.2, 0) is 6.54 Å². The molecule has 98 valence electrons. The summed E-state index contributed by atoms with van der Waals surface area (Å²) in [7, 11) is 1.57. The first-order valence-electron chi connectivity index (χ1n) is 6.08. The van der Waals surface area contributed by atoms with Crippen LogP contribution in [0.5, 0.6) is 5.75 Å². The summed E-state index contributed by atoms with van der Waals surface area (Å²) < 4.78 is 5.26. The summed E-state index contributed by atoms with van der Waals surface area (Å²) in [6.45, 7) is 0.556. The first-order chi connectivity index (χ1) is 9.78. The number of nitrogens with one attached hydrogen (secondary N) is 1. The van der Waals surface area contributed by atoms with Gasteiger partial charge in [-0.2, -0.15) is 10.5 Å². The van der Waals surface area contributed by atoms with Gasteiger partial charge in [0.25, 0.3) is 0 Å². The molecule has 0 atom stereocenters. The Kier molecular flexibility index (Phi) is 4.21. The zero-order chi connectivity index (χ0) is 14.4. The number of hydrogen-bond donors (Lipinski definition) is 1. The predicted octanol–water partition coefficient (Wildman–Crippen LogP) is 3.05. The lowest BCUT2D eigenvalue weighted by atomic mass is 10.1. The lowest BCUT2D eigenvalue weighted by molar-refractivity contribution is 0.416. The normalized spacial score (nSPS) is 9.35. The fourth-order valence-electron chi connectivity index (χ4n) is 1.86. The zero-order valence-electron chi connectivity index (χ0n) is 11.1. The van der Waals surface area contributed by atoms with Crippen molar-refractivity contribution in [2.24, 2.45) is 0 Å². The summed E-state index contributed by atoms with van der Waals surface area (Å²) in [6, 6.07) is 16.8. The Hall–Kier alpha value is -2.98. The van der Waals surface area contributed by atoms with E-state index in [0.29, 0.717) is 29.1 Å². The van der Waals surface area contributed by atoms with E-state index in [4.69, 9.17) is 15.3 Å². The van der Waals surface area contributed by atoms with Gasteiger partial charge in [-0.15, -0.1) is 0 Å². The van der Waals surface area contributed by atoms with E-state index in [9.17, 15) is 0 Å². The van der Waals surface area contributed by atoms with Crippen LogP contribution in [0.2, 0.25) is 0 Å². The number of nitrogens with zero attached hydrogens (tertiary/aromatic N) is 2. The predicted molar refractivity (Wildman–Crippen MR) is 76.2 cm³/mol. The third kappa shape index (κ3) is 2.88. The fourth-order valence-corrected chi connectivity index (χ4v) is 1.86. The van der Waals surface area contributed by atoms with Crippen molar-refractivity contribution < 1.29 is 4.74 Å². The SMILES string of the molecule is COc1cccc(C#N)c1NCc1ccc(C#N)cc1. The number of rotatable bonds is 4. The third-order valence-electron chi connectivity index (χ3n) is 2.92. The van der Waals surface area contributed by atoms with Gasteiger partial charge in [0.05, 0.1) is 30.0 Å². The molecule has 0 heterocycles. The monoisotopic (exact) mass is 263 g/mol. The van der Waals surface area contributed by atoms with Crippen LogP contribution in [-0.4, -0.2) is 7.11 Å². The highest BCUT2D eigenvalue weighted by atomic mass is 16.5. The molecule has 4 nitrogen and oxygen atoms in total. The molecular formula is C16H13N3O. The molecule has 0 radical (unpaired) electrons. The highest BCUT2D eigenvalue weighted by Crippen LogP contribution is 2.28. The van der Waals surface area contributed by atoms with E-state index in [1.807, 2.05) is 18.2 Å². The van der Waals surface area contributed by atoms with E-state index in [0.717, 1.165) is 5.56 Å². The Bertz CT molecular complexity index is 678. The second-order valence-electron chi connectivity index (χ2n) is 4.16. The molecule has 2 rings (SSSR count). The van der Waals surface area contributed by atoms with Crippen LogP contribution in [0, 0.1) is 22.7 Å². The number of anilines is 1. The Balaban J connectivity index is 2.18. The van der Waals surface area contributed by atoms with Crippen LogP contribution in [0.4, 0.5) is 5.69 Å². The molecule has 0 bridgehead atoms. The average molecular weight is 263 g/mol. The molecule has 0 amide bonds. The van der Waals surface area contributed by atoms with E-state index in [-0.39, 0.29) is 0 Å². The topological polar surface area (TPSA) is 68.8 Å². The summed E-state index contributed by atoms with van der Waals surface area (Å²) >= 11 is 0. The van der Waals surface area contributed by atoms with Crippen molar-refractivity contribution in [1.29, 1.82) is 10.5 Å². The van der Waals surface area contributed by atoms with E-state index in [1.54, 1.807) is 31.4 Å². The van der Waals surface area contributed by atoms with Crippen LogP contribution >= 0.6 is 0 Å². The van der Waals surface area contributed by atoms with Crippen molar-refractivity contribution in [1.82, 2.24) is 0 Å².